The molecule has 0 amide bonds. The Hall–Kier alpha value is -3.05. The lowest BCUT2D eigenvalue weighted by Gasteiger charge is -2.36. The molecule has 1 aromatic carbocycles. The molecule has 174 valence electrons. The number of morpholine rings is 1. The zero-order valence-corrected chi connectivity index (χ0v) is 19.6. The molecular weight excluding hydrogens is 444 g/mol. The van der Waals surface area contributed by atoms with Gasteiger partial charge in [0.15, 0.2) is 16.7 Å². The standard InChI is InChI=1S/C22H26N6O4S/c1-13-11-27(12-14(2)31-13)20-24-18-17(19(29)25-21(30)26(18)3)28(20)9-6-10-33-22-23-15-7-4-5-8-16(15)32-22/h4-5,7-8,13-14H,6,9-12H2,1-3H3,(H,25,29,30)/t13-,14-/m1/s1. The van der Waals surface area contributed by atoms with Gasteiger partial charge >= 0.3 is 5.69 Å². The lowest BCUT2D eigenvalue weighted by Crippen LogP contribution is -2.46. The molecule has 10 nitrogen and oxygen atoms in total. The molecule has 0 aliphatic carbocycles. The minimum absolute atomic E-state index is 0.0406. The Balaban J connectivity index is 1.42. The number of nitrogens with zero attached hydrogens (tertiary/aromatic N) is 5. The summed E-state index contributed by atoms with van der Waals surface area (Å²) in [6.07, 6.45) is 0.845. The number of aromatic nitrogens is 5. The summed E-state index contributed by atoms with van der Waals surface area (Å²) in [6, 6.07) is 7.68. The molecule has 1 aliphatic rings. The third kappa shape index (κ3) is 4.18. The summed E-state index contributed by atoms with van der Waals surface area (Å²) in [7, 11) is 1.62. The van der Waals surface area contributed by atoms with Crippen LogP contribution in [0, 0.1) is 0 Å². The number of thioether (sulfide) groups is 1. The molecule has 4 heterocycles. The molecule has 0 bridgehead atoms. The van der Waals surface area contributed by atoms with E-state index in [4.69, 9.17) is 14.1 Å². The van der Waals surface area contributed by atoms with Gasteiger partial charge in [-0.2, -0.15) is 4.98 Å². The molecule has 0 radical (unpaired) electrons. The number of aromatic amines is 1. The van der Waals surface area contributed by atoms with Crippen LogP contribution in [-0.4, -0.2) is 55.1 Å². The van der Waals surface area contributed by atoms with E-state index in [0.717, 1.165) is 23.3 Å². The Bertz CT molecular complexity index is 1380. The van der Waals surface area contributed by atoms with Gasteiger partial charge in [-0.1, -0.05) is 23.9 Å². The minimum atomic E-state index is -0.473. The summed E-state index contributed by atoms with van der Waals surface area (Å²) in [5.41, 5.74) is 1.51. The normalized spacial score (nSPS) is 19.1. The predicted molar refractivity (Wildman–Crippen MR) is 127 cm³/mol. The van der Waals surface area contributed by atoms with Gasteiger partial charge in [0.25, 0.3) is 10.8 Å². The van der Waals surface area contributed by atoms with Gasteiger partial charge in [0.2, 0.25) is 5.95 Å². The van der Waals surface area contributed by atoms with Crippen LogP contribution < -0.4 is 16.1 Å². The predicted octanol–water partition coefficient (Wildman–Crippen LogP) is 2.36. The second-order valence-corrected chi connectivity index (χ2v) is 9.41. The number of para-hydroxylation sites is 2. The number of nitrogens with one attached hydrogen (secondary N) is 1. The highest BCUT2D eigenvalue weighted by atomic mass is 32.2. The van der Waals surface area contributed by atoms with E-state index in [0.29, 0.717) is 42.0 Å². The van der Waals surface area contributed by atoms with Crippen molar-refractivity contribution in [2.75, 3.05) is 23.7 Å². The van der Waals surface area contributed by atoms with E-state index in [9.17, 15) is 9.59 Å². The fourth-order valence-electron chi connectivity index (χ4n) is 4.31. The molecule has 33 heavy (non-hydrogen) atoms. The van der Waals surface area contributed by atoms with Gasteiger partial charge in [0, 0.05) is 32.4 Å². The molecule has 3 aromatic heterocycles. The molecule has 11 heteroatoms. The maximum Gasteiger partial charge on any atom is 0.329 e. The monoisotopic (exact) mass is 470 g/mol. The number of imidazole rings is 1. The zero-order chi connectivity index (χ0) is 23.1. The first-order valence-electron chi connectivity index (χ1n) is 11.0. The lowest BCUT2D eigenvalue weighted by molar-refractivity contribution is -0.00588. The summed E-state index contributed by atoms with van der Waals surface area (Å²) >= 11 is 1.54. The largest absolute Gasteiger partial charge is 0.431 e. The van der Waals surface area contributed by atoms with E-state index >= 15 is 0 Å². The summed E-state index contributed by atoms with van der Waals surface area (Å²) in [4.78, 5) is 38.7. The first-order chi connectivity index (χ1) is 15.9. The van der Waals surface area contributed by atoms with E-state index in [1.807, 2.05) is 42.7 Å². The number of benzene rings is 1. The quantitative estimate of drug-likeness (QED) is 0.338. The van der Waals surface area contributed by atoms with Gasteiger partial charge < -0.3 is 18.6 Å². The van der Waals surface area contributed by atoms with Crippen LogP contribution in [-0.2, 0) is 18.3 Å². The average Bonchev–Trinajstić information content (AvgIpc) is 3.36. The molecule has 0 saturated carbocycles. The summed E-state index contributed by atoms with van der Waals surface area (Å²) in [5.74, 6) is 1.44. The van der Waals surface area contributed by atoms with Crippen molar-refractivity contribution in [2.24, 2.45) is 7.05 Å². The van der Waals surface area contributed by atoms with Gasteiger partial charge in [-0.15, -0.1) is 0 Å². The Morgan fingerprint density at radius 2 is 1.91 bits per heavy atom. The fraction of sp³-hybridized carbons (Fsp3) is 0.455. The number of rotatable bonds is 6. The molecule has 4 aromatic rings. The van der Waals surface area contributed by atoms with Crippen LogP contribution in [0.1, 0.15) is 20.3 Å². The highest BCUT2D eigenvalue weighted by molar-refractivity contribution is 7.99. The van der Waals surface area contributed by atoms with Crippen molar-refractivity contribution in [3.63, 3.8) is 0 Å². The third-order valence-corrected chi connectivity index (χ3v) is 6.63. The van der Waals surface area contributed by atoms with Gasteiger partial charge in [0.05, 0.1) is 12.2 Å². The summed E-state index contributed by atoms with van der Waals surface area (Å²) in [6.45, 7) is 5.94. The summed E-state index contributed by atoms with van der Waals surface area (Å²) < 4.78 is 15.0. The topological polar surface area (TPSA) is 111 Å². The zero-order valence-electron chi connectivity index (χ0n) is 18.8. The smallest absolute Gasteiger partial charge is 0.329 e. The van der Waals surface area contributed by atoms with Crippen LogP contribution in [0.3, 0.4) is 0 Å². The number of hydrogen-bond acceptors (Lipinski definition) is 8. The maximum absolute atomic E-state index is 12.7. The molecule has 5 rings (SSSR count). The summed E-state index contributed by atoms with van der Waals surface area (Å²) in [5, 5.41) is 0.628. The Kier molecular flexibility index (Phi) is 5.75. The number of aryl methyl sites for hydroxylation is 2. The van der Waals surface area contributed by atoms with Gasteiger partial charge in [-0.3, -0.25) is 14.3 Å². The molecular formula is C22H26N6O4S. The Labute approximate surface area is 193 Å². The van der Waals surface area contributed by atoms with Gasteiger partial charge in [0.1, 0.15) is 5.52 Å². The van der Waals surface area contributed by atoms with Crippen LogP contribution in [0.2, 0.25) is 0 Å². The molecule has 0 unspecified atom stereocenters. The van der Waals surface area contributed by atoms with E-state index in [1.54, 1.807) is 7.05 Å². The van der Waals surface area contributed by atoms with Crippen LogP contribution in [0.5, 0.6) is 0 Å². The van der Waals surface area contributed by atoms with Crippen molar-refractivity contribution in [3.05, 3.63) is 45.1 Å². The van der Waals surface area contributed by atoms with Crippen LogP contribution in [0.4, 0.5) is 5.95 Å². The van der Waals surface area contributed by atoms with E-state index in [-0.39, 0.29) is 12.2 Å². The maximum atomic E-state index is 12.7. The fourth-order valence-corrected chi connectivity index (χ4v) is 5.07. The highest BCUT2D eigenvalue weighted by Gasteiger charge is 2.28. The SMILES string of the molecule is C[C@@H]1CN(c2nc3c(c(=O)[nH]c(=O)n3C)n2CCCSc2nc3ccccc3o2)C[C@@H](C)O1. The van der Waals surface area contributed by atoms with Crippen LogP contribution >= 0.6 is 11.8 Å². The van der Waals surface area contributed by atoms with Crippen molar-refractivity contribution >= 4 is 40.0 Å². The molecule has 1 N–H and O–H groups in total. The van der Waals surface area contributed by atoms with Crippen molar-refractivity contribution < 1.29 is 9.15 Å². The highest BCUT2D eigenvalue weighted by Crippen LogP contribution is 2.26. The number of H-pyrrole nitrogens is 1. The number of fused-ring (bicyclic) bond motifs is 2. The number of hydrogen-bond donors (Lipinski definition) is 1. The lowest BCUT2D eigenvalue weighted by atomic mass is 10.2. The van der Waals surface area contributed by atoms with Gasteiger partial charge in [-0.25, -0.2) is 9.78 Å². The second-order valence-electron chi connectivity index (χ2n) is 8.37. The molecule has 2 atom stereocenters. The van der Waals surface area contributed by atoms with Crippen molar-refractivity contribution in [1.82, 2.24) is 24.1 Å². The first-order valence-corrected chi connectivity index (χ1v) is 12.0. The number of ether oxygens (including phenoxy) is 1. The molecule has 1 aliphatic heterocycles. The van der Waals surface area contributed by atoms with Crippen LogP contribution in [0.25, 0.3) is 22.3 Å². The molecule has 1 fully saturated rings. The number of anilines is 1. The van der Waals surface area contributed by atoms with Crippen molar-refractivity contribution in [3.8, 4) is 0 Å². The molecule has 0 spiro atoms. The second kappa shape index (κ2) is 8.71. The molecule has 1 saturated heterocycles. The number of oxazole rings is 1. The van der Waals surface area contributed by atoms with Crippen LogP contribution in [0.15, 0.2) is 43.5 Å². The third-order valence-electron chi connectivity index (χ3n) is 5.72. The van der Waals surface area contributed by atoms with E-state index < -0.39 is 11.2 Å². The van der Waals surface area contributed by atoms with Gasteiger partial charge in [-0.05, 0) is 32.4 Å². The average molecular weight is 471 g/mol. The van der Waals surface area contributed by atoms with Crippen molar-refractivity contribution in [2.45, 2.75) is 44.2 Å². The Morgan fingerprint density at radius 1 is 1.15 bits per heavy atom. The Morgan fingerprint density at radius 3 is 2.67 bits per heavy atom. The van der Waals surface area contributed by atoms with Crippen molar-refractivity contribution in [1.29, 1.82) is 0 Å². The minimum Gasteiger partial charge on any atom is -0.431 e. The van der Waals surface area contributed by atoms with E-state index in [2.05, 4.69) is 14.9 Å². The van der Waals surface area contributed by atoms with E-state index in [1.165, 1.54) is 16.3 Å². The first kappa shape index (κ1) is 21.8.